The molecule has 1 unspecified atom stereocenters. The third kappa shape index (κ3) is 3.71. The van der Waals surface area contributed by atoms with Crippen molar-refractivity contribution in [2.75, 3.05) is 11.5 Å². The molecule has 3 N–H and O–H groups in total. The fourth-order valence-electron chi connectivity index (χ4n) is 4.55. The molecule has 9 heteroatoms. The lowest BCUT2D eigenvalue weighted by Gasteiger charge is -2.42. The van der Waals surface area contributed by atoms with Gasteiger partial charge in [-0.2, -0.15) is 0 Å². The number of rotatable bonds is 3. The molecular weight excluding hydrogens is 386 g/mol. The highest BCUT2D eigenvalue weighted by Crippen LogP contribution is 2.65. The molecule has 1 saturated heterocycles. The molecule has 3 amide bonds. The summed E-state index contributed by atoms with van der Waals surface area (Å²) in [7, 11) is 0. The number of carbonyl (C=O) groups is 3. The van der Waals surface area contributed by atoms with Gasteiger partial charge in [0.1, 0.15) is 5.76 Å². The van der Waals surface area contributed by atoms with Gasteiger partial charge in [-0.15, -0.1) is 23.5 Å². The maximum Gasteiger partial charge on any atom is 0.327 e. The molecular formula is C18H23N3O4S2. The predicted octanol–water partition coefficient (Wildman–Crippen LogP) is 1.66. The molecule has 7 nitrogen and oxygen atoms in total. The molecule has 1 aromatic heterocycles. The topological polar surface area (TPSA) is 100 Å². The van der Waals surface area contributed by atoms with Gasteiger partial charge in [-0.3, -0.25) is 25.2 Å². The highest BCUT2D eigenvalue weighted by molar-refractivity contribution is 8.21. The van der Waals surface area contributed by atoms with Crippen molar-refractivity contribution in [1.82, 2.24) is 16.2 Å². The molecule has 4 rings (SSSR count). The Morgan fingerprint density at radius 1 is 1.07 bits per heavy atom. The molecule has 3 atom stereocenters. The number of amides is 3. The van der Waals surface area contributed by atoms with Gasteiger partial charge in [0.2, 0.25) is 5.91 Å². The molecule has 3 aliphatic rings. The van der Waals surface area contributed by atoms with Gasteiger partial charge in [0.05, 0.1) is 16.9 Å². The van der Waals surface area contributed by atoms with E-state index in [1.165, 1.54) is 30.6 Å². The maximum atomic E-state index is 12.5. The molecule has 3 fully saturated rings. The number of carbonyl (C=O) groups excluding carboxylic acids is 3. The Labute approximate surface area is 166 Å². The second-order valence-corrected chi connectivity index (χ2v) is 10.3. The third-order valence-corrected chi connectivity index (χ3v) is 9.78. The van der Waals surface area contributed by atoms with Gasteiger partial charge in [0.15, 0.2) is 0 Å². The lowest BCUT2D eigenvalue weighted by atomic mass is 9.79. The van der Waals surface area contributed by atoms with Crippen molar-refractivity contribution < 1.29 is 18.8 Å². The quantitative estimate of drug-likeness (QED) is 0.519. The fraction of sp³-hybridized carbons (Fsp3) is 0.611. The Bertz CT molecular complexity index is 702. The first-order valence-electron chi connectivity index (χ1n) is 9.27. The van der Waals surface area contributed by atoms with Crippen LogP contribution in [0.5, 0.6) is 0 Å². The molecule has 2 saturated carbocycles. The zero-order valence-corrected chi connectivity index (χ0v) is 16.5. The van der Waals surface area contributed by atoms with Crippen molar-refractivity contribution in [3.8, 4) is 0 Å². The Hall–Kier alpha value is -1.61. The number of furan rings is 1. The van der Waals surface area contributed by atoms with Gasteiger partial charge in [0.25, 0.3) is 0 Å². The normalized spacial score (nSPS) is 28.1. The largest absolute Gasteiger partial charge is 0.467 e. The van der Waals surface area contributed by atoms with Crippen molar-refractivity contribution >= 4 is 41.2 Å². The summed E-state index contributed by atoms with van der Waals surface area (Å²) in [4.78, 5) is 36.2. The Morgan fingerprint density at radius 2 is 1.78 bits per heavy atom. The van der Waals surface area contributed by atoms with E-state index in [-0.39, 0.29) is 18.4 Å². The predicted molar refractivity (Wildman–Crippen MR) is 103 cm³/mol. The van der Waals surface area contributed by atoms with Crippen LogP contribution in [0.3, 0.4) is 0 Å². The molecule has 27 heavy (non-hydrogen) atoms. The highest BCUT2D eigenvalue weighted by atomic mass is 32.2. The number of hydrogen-bond donors (Lipinski definition) is 3. The van der Waals surface area contributed by atoms with Gasteiger partial charge >= 0.3 is 11.8 Å². The summed E-state index contributed by atoms with van der Waals surface area (Å²) in [6.45, 7) is 0.122. The summed E-state index contributed by atoms with van der Waals surface area (Å²) in [5.74, 6) is 2.11. The lowest BCUT2D eigenvalue weighted by Crippen LogP contribution is -2.51. The van der Waals surface area contributed by atoms with Crippen molar-refractivity contribution in [2.24, 2.45) is 17.8 Å². The van der Waals surface area contributed by atoms with E-state index in [1.54, 1.807) is 12.1 Å². The van der Waals surface area contributed by atoms with E-state index < -0.39 is 11.8 Å². The standard InChI is InChI=1S/C18H23N3O4S2/c22-15(20-21-17(24)16(23)19-10-14-2-1-5-25-14)11-8-12-3-4-13(9-11)18(12)26-6-7-27-18/h1-2,5,11-13H,3-4,6-10H2,(H,19,23)(H,20,22)(H,21,24)/t11?,12-,13+. The summed E-state index contributed by atoms with van der Waals surface area (Å²) in [5.41, 5.74) is 4.67. The SMILES string of the molecule is O=C(NCc1ccco1)C(=O)NNC(=O)C1C[C@H]2CC[C@@H](C1)C21SCCS1. The van der Waals surface area contributed by atoms with E-state index in [0.29, 0.717) is 21.7 Å². The smallest absolute Gasteiger partial charge is 0.327 e. The number of nitrogens with one attached hydrogen (secondary N) is 3. The van der Waals surface area contributed by atoms with Crippen LogP contribution in [0.1, 0.15) is 31.4 Å². The highest BCUT2D eigenvalue weighted by Gasteiger charge is 2.57. The van der Waals surface area contributed by atoms with Crippen LogP contribution in [0.2, 0.25) is 0 Å². The van der Waals surface area contributed by atoms with E-state index >= 15 is 0 Å². The summed E-state index contributed by atoms with van der Waals surface area (Å²) in [6.07, 6.45) is 5.60. The van der Waals surface area contributed by atoms with Gasteiger partial charge < -0.3 is 9.73 Å². The summed E-state index contributed by atoms with van der Waals surface area (Å²) in [5, 5.41) is 2.44. The zero-order chi connectivity index (χ0) is 18.9. The van der Waals surface area contributed by atoms with Gasteiger partial charge in [-0.05, 0) is 49.7 Å². The van der Waals surface area contributed by atoms with E-state index in [1.807, 2.05) is 0 Å². The minimum atomic E-state index is -0.882. The fourth-order valence-corrected chi connectivity index (χ4v) is 8.49. The van der Waals surface area contributed by atoms with E-state index in [2.05, 4.69) is 39.7 Å². The Kier molecular flexibility index (Phi) is 5.41. The molecule has 1 spiro atoms. The summed E-state index contributed by atoms with van der Waals surface area (Å²) in [6, 6.07) is 3.40. The number of hydrogen-bond acceptors (Lipinski definition) is 6. The third-order valence-electron chi connectivity index (χ3n) is 5.76. The molecule has 2 heterocycles. The molecule has 1 aliphatic heterocycles. The van der Waals surface area contributed by atoms with Crippen LogP contribution in [0.4, 0.5) is 0 Å². The molecule has 1 aromatic rings. The molecule has 0 aromatic carbocycles. The summed E-state index contributed by atoms with van der Waals surface area (Å²) >= 11 is 4.17. The minimum Gasteiger partial charge on any atom is -0.467 e. The molecule has 2 aliphatic carbocycles. The van der Waals surface area contributed by atoms with E-state index in [9.17, 15) is 14.4 Å². The van der Waals surface area contributed by atoms with Crippen LogP contribution in [-0.4, -0.2) is 33.3 Å². The minimum absolute atomic E-state index is 0.0959. The molecule has 0 radical (unpaired) electrons. The molecule has 2 bridgehead atoms. The molecule has 146 valence electrons. The average Bonchev–Trinajstić information content (AvgIpc) is 3.40. The first-order valence-corrected chi connectivity index (χ1v) is 11.2. The average molecular weight is 410 g/mol. The van der Waals surface area contributed by atoms with E-state index in [4.69, 9.17) is 4.42 Å². The van der Waals surface area contributed by atoms with Gasteiger partial charge in [0, 0.05) is 17.4 Å². The van der Waals surface area contributed by atoms with Crippen molar-refractivity contribution in [1.29, 1.82) is 0 Å². The van der Waals surface area contributed by atoms with Crippen LogP contribution in [-0.2, 0) is 20.9 Å². The van der Waals surface area contributed by atoms with Gasteiger partial charge in [-0.25, -0.2) is 0 Å². The first kappa shape index (κ1) is 18.7. The zero-order valence-electron chi connectivity index (χ0n) is 14.9. The van der Waals surface area contributed by atoms with Crippen LogP contribution in [0.25, 0.3) is 0 Å². The maximum absolute atomic E-state index is 12.5. The first-order chi connectivity index (χ1) is 13.1. The second-order valence-electron chi connectivity index (χ2n) is 7.26. The lowest BCUT2D eigenvalue weighted by molar-refractivity contribution is -0.141. The van der Waals surface area contributed by atoms with Crippen LogP contribution >= 0.6 is 23.5 Å². The number of thioether (sulfide) groups is 2. The van der Waals surface area contributed by atoms with Crippen molar-refractivity contribution in [2.45, 2.75) is 36.3 Å². The van der Waals surface area contributed by atoms with Crippen LogP contribution in [0.15, 0.2) is 22.8 Å². The van der Waals surface area contributed by atoms with Crippen molar-refractivity contribution in [3.63, 3.8) is 0 Å². The van der Waals surface area contributed by atoms with E-state index in [0.717, 1.165) is 12.8 Å². The van der Waals surface area contributed by atoms with Crippen molar-refractivity contribution in [3.05, 3.63) is 24.2 Å². The number of hydrazine groups is 1. The Morgan fingerprint density at radius 3 is 2.41 bits per heavy atom. The second kappa shape index (κ2) is 7.79. The summed E-state index contributed by atoms with van der Waals surface area (Å²) < 4.78 is 5.41. The monoisotopic (exact) mass is 409 g/mol. The Balaban J connectivity index is 1.24. The van der Waals surface area contributed by atoms with Crippen LogP contribution in [0, 0.1) is 17.8 Å². The van der Waals surface area contributed by atoms with Gasteiger partial charge in [-0.1, -0.05) is 0 Å². The van der Waals surface area contributed by atoms with Crippen LogP contribution < -0.4 is 16.2 Å².